The van der Waals surface area contributed by atoms with Gasteiger partial charge in [0.05, 0.1) is 13.2 Å². The third kappa shape index (κ3) is 5.04. The maximum Gasteiger partial charge on any atom is 0.222 e. The van der Waals surface area contributed by atoms with Crippen LogP contribution in [0, 0.1) is 23.3 Å². The predicted molar refractivity (Wildman–Crippen MR) is 134 cm³/mol. The molecule has 0 amide bonds. The lowest BCUT2D eigenvalue weighted by Gasteiger charge is -2.41. The molecule has 4 aromatic rings. The molecule has 1 heterocycles. The molecule has 1 aliphatic rings. The largest absolute Gasteiger partial charge is 0.341 e. The Morgan fingerprint density at radius 1 is 0.676 bits per heavy atom. The summed E-state index contributed by atoms with van der Waals surface area (Å²) in [5, 5.41) is 0. The highest BCUT2D eigenvalue weighted by Crippen LogP contribution is 2.42. The second-order valence-electron chi connectivity index (χ2n) is 9.25. The summed E-state index contributed by atoms with van der Waals surface area (Å²) in [6, 6.07) is 21.5. The van der Waals surface area contributed by atoms with Crippen molar-refractivity contribution < 1.29 is 27.0 Å². The molecule has 0 aromatic heterocycles. The Labute approximate surface area is 213 Å². The molecule has 0 bridgehead atoms. The minimum atomic E-state index is -1.47. The van der Waals surface area contributed by atoms with Crippen molar-refractivity contribution in [2.75, 3.05) is 13.2 Å². The van der Waals surface area contributed by atoms with Gasteiger partial charge >= 0.3 is 0 Å². The highest BCUT2D eigenvalue weighted by molar-refractivity contribution is 5.64. The second-order valence-corrected chi connectivity index (χ2v) is 9.25. The average molecular weight is 507 g/mol. The number of hydrogen-bond donors (Lipinski definition) is 0. The summed E-state index contributed by atoms with van der Waals surface area (Å²) >= 11 is 0. The van der Waals surface area contributed by atoms with Gasteiger partial charge < -0.3 is 9.47 Å². The van der Waals surface area contributed by atoms with Gasteiger partial charge in [-0.2, -0.15) is 0 Å². The third-order valence-corrected chi connectivity index (χ3v) is 6.74. The zero-order chi connectivity index (χ0) is 26.0. The first-order chi connectivity index (χ1) is 17.9. The van der Waals surface area contributed by atoms with E-state index in [4.69, 9.17) is 9.47 Å². The minimum absolute atomic E-state index is 0.0619. The summed E-state index contributed by atoms with van der Waals surface area (Å²) in [5.74, 6) is -4.41. The van der Waals surface area contributed by atoms with E-state index in [-0.39, 0.29) is 18.8 Å². The third-order valence-electron chi connectivity index (χ3n) is 6.74. The normalized spacial score (nSPS) is 15.6. The fourth-order valence-corrected chi connectivity index (χ4v) is 4.82. The fraction of sp³-hybridized carbons (Fsp3) is 0.226. The van der Waals surface area contributed by atoms with E-state index in [0.29, 0.717) is 16.7 Å². The van der Waals surface area contributed by atoms with Crippen LogP contribution in [0.2, 0.25) is 0 Å². The van der Waals surface area contributed by atoms with Gasteiger partial charge in [-0.15, -0.1) is 0 Å². The molecule has 5 rings (SSSR count). The lowest BCUT2D eigenvalue weighted by Crippen LogP contribution is -2.42. The van der Waals surface area contributed by atoms with Gasteiger partial charge in [0, 0.05) is 22.6 Å². The van der Waals surface area contributed by atoms with Crippen LogP contribution < -0.4 is 0 Å². The summed E-state index contributed by atoms with van der Waals surface area (Å²) in [7, 11) is 0. The molecule has 1 fully saturated rings. The van der Waals surface area contributed by atoms with E-state index in [1.54, 1.807) is 0 Å². The van der Waals surface area contributed by atoms with Gasteiger partial charge in [0.2, 0.25) is 5.79 Å². The summed E-state index contributed by atoms with van der Waals surface area (Å²) in [4.78, 5) is 0. The molecule has 0 aliphatic carbocycles. The molecule has 0 atom stereocenters. The number of rotatable bonds is 6. The summed E-state index contributed by atoms with van der Waals surface area (Å²) in [6.45, 7) is 1.97. The Bertz CT molecular complexity index is 1290. The molecule has 0 spiro atoms. The van der Waals surface area contributed by atoms with Crippen molar-refractivity contribution in [3.63, 3.8) is 0 Å². The van der Waals surface area contributed by atoms with Gasteiger partial charge in [0.25, 0.3) is 0 Å². The quantitative estimate of drug-likeness (QED) is 0.248. The first-order valence-electron chi connectivity index (χ1n) is 12.3. The van der Waals surface area contributed by atoms with Crippen LogP contribution in [0.3, 0.4) is 0 Å². The smallest absolute Gasteiger partial charge is 0.222 e. The Morgan fingerprint density at radius 2 is 1.16 bits per heavy atom. The molecular weight excluding hydrogens is 480 g/mol. The average Bonchev–Trinajstić information content (AvgIpc) is 2.90. The molecule has 0 unspecified atom stereocenters. The lowest BCUT2D eigenvalue weighted by molar-refractivity contribution is -0.257. The molecule has 0 N–H and O–H groups in total. The molecule has 4 aromatic carbocycles. The molecule has 37 heavy (non-hydrogen) atoms. The van der Waals surface area contributed by atoms with Crippen LogP contribution in [0.1, 0.15) is 41.5 Å². The van der Waals surface area contributed by atoms with Gasteiger partial charge in [-0.05, 0) is 59.5 Å². The number of aryl methyl sites for hydroxylation is 1. The zero-order valence-electron chi connectivity index (χ0n) is 20.3. The van der Waals surface area contributed by atoms with Gasteiger partial charge in [0.15, 0.2) is 0 Å². The predicted octanol–water partition coefficient (Wildman–Crippen LogP) is 7.89. The SMILES string of the molecule is CCCc1ccc(-c2cc(F)c(C3COC(c4ccc(F)cc4)(c4ccc(F)cc4)OC3)c(F)c2)cc1. The molecule has 6 heteroatoms. The molecular formula is C31H26F4O2. The molecule has 1 aliphatic heterocycles. The van der Waals surface area contributed by atoms with Crippen LogP contribution in [0.4, 0.5) is 17.6 Å². The summed E-state index contributed by atoms with van der Waals surface area (Å²) < 4.78 is 70.0. The highest BCUT2D eigenvalue weighted by atomic mass is 19.1. The van der Waals surface area contributed by atoms with Crippen molar-refractivity contribution >= 4 is 0 Å². The number of benzene rings is 4. The number of hydrogen-bond acceptors (Lipinski definition) is 2. The van der Waals surface area contributed by atoms with E-state index in [1.165, 1.54) is 66.2 Å². The van der Waals surface area contributed by atoms with Crippen molar-refractivity contribution in [1.82, 2.24) is 0 Å². The Hall–Kier alpha value is -3.48. The van der Waals surface area contributed by atoms with E-state index in [0.717, 1.165) is 18.4 Å². The molecule has 0 radical (unpaired) electrons. The molecule has 0 saturated carbocycles. The van der Waals surface area contributed by atoms with Gasteiger partial charge in [-0.25, -0.2) is 17.6 Å². The number of ether oxygens (including phenoxy) is 2. The van der Waals surface area contributed by atoms with Crippen LogP contribution >= 0.6 is 0 Å². The lowest BCUT2D eigenvalue weighted by atomic mass is 9.92. The van der Waals surface area contributed by atoms with E-state index < -0.39 is 35.0 Å². The minimum Gasteiger partial charge on any atom is -0.341 e. The molecule has 2 nitrogen and oxygen atoms in total. The van der Waals surface area contributed by atoms with Gasteiger partial charge in [-0.1, -0.05) is 61.9 Å². The second kappa shape index (κ2) is 10.5. The first-order valence-corrected chi connectivity index (χ1v) is 12.3. The van der Waals surface area contributed by atoms with Crippen LogP contribution in [-0.4, -0.2) is 13.2 Å². The van der Waals surface area contributed by atoms with E-state index >= 15 is 8.78 Å². The first kappa shape index (κ1) is 25.2. The maximum absolute atomic E-state index is 15.3. The van der Waals surface area contributed by atoms with Crippen LogP contribution in [0.15, 0.2) is 84.9 Å². The van der Waals surface area contributed by atoms with Crippen molar-refractivity contribution in [3.8, 4) is 11.1 Å². The van der Waals surface area contributed by atoms with Crippen LogP contribution in [-0.2, 0) is 21.7 Å². The maximum atomic E-state index is 15.3. The van der Waals surface area contributed by atoms with Crippen molar-refractivity contribution in [2.24, 2.45) is 0 Å². The molecule has 1 saturated heterocycles. The summed E-state index contributed by atoms with van der Waals surface area (Å²) in [6.07, 6.45) is 1.97. The van der Waals surface area contributed by atoms with Gasteiger partial charge in [0.1, 0.15) is 23.3 Å². The Morgan fingerprint density at radius 3 is 1.62 bits per heavy atom. The molecule has 190 valence electrons. The Balaban J connectivity index is 1.42. The van der Waals surface area contributed by atoms with Crippen LogP contribution in [0.5, 0.6) is 0 Å². The topological polar surface area (TPSA) is 18.5 Å². The van der Waals surface area contributed by atoms with Crippen molar-refractivity contribution in [1.29, 1.82) is 0 Å². The van der Waals surface area contributed by atoms with E-state index in [2.05, 4.69) is 6.92 Å². The number of halogens is 4. The standard InChI is InChI=1S/C31H26F4O2/c1-2-3-20-4-6-21(7-5-20)22-16-28(34)30(29(35)17-22)23-18-36-31(37-19-23,24-8-12-26(32)13-9-24)25-10-14-27(33)15-11-25/h4-17,23H,2-3,18-19H2,1H3. The highest BCUT2D eigenvalue weighted by Gasteiger charge is 2.43. The van der Waals surface area contributed by atoms with Crippen LogP contribution in [0.25, 0.3) is 11.1 Å². The van der Waals surface area contributed by atoms with Gasteiger partial charge in [-0.3, -0.25) is 0 Å². The van der Waals surface area contributed by atoms with Crippen molar-refractivity contribution in [2.45, 2.75) is 31.5 Å². The van der Waals surface area contributed by atoms with E-state index in [9.17, 15) is 8.78 Å². The Kier molecular flexibility index (Phi) is 7.13. The summed E-state index contributed by atoms with van der Waals surface area (Å²) in [5.41, 5.74) is 3.21. The fourth-order valence-electron chi connectivity index (χ4n) is 4.82. The monoisotopic (exact) mass is 506 g/mol. The van der Waals surface area contributed by atoms with E-state index in [1.807, 2.05) is 24.3 Å². The zero-order valence-corrected chi connectivity index (χ0v) is 20.3. The van der Waals surface area contributed by atoms with Crippen molar-refractivity contribution in [3.05, 3.63) is 130 Å².